The minimum Gasteiger partial charge on any atom is -0.394 e. The molecule has 0 aromatic carbocycles. The molecule has 0 aliphatic carbocycles. The van der Waals surface area contributed by atoms with E-state index in [1.54, 1.807) is 6.08 Å². The molecule has 2 N–H and O–H groups in total. The Morgan fingerprint density at radius 2 is 2.25 bits per heavy atom. The summed E-state index contributed by atoms with van der Waals surface area (Å²) in [7, 11) is 0. The zero-order valence-corrected chi connectivity index (χ0v) is 4.88. The fourth-order valence-electron chi connectivity index (χ4n) is 0.402. The SMILES string of the molecule is C=CCC[C@@H](O)CO. The molecule has 0 radical (unpaired) electrons. The third-order valence-corrected chi connectivity index (χ3v) is 0.915. The van der Waals surface area contributed by atoms with Gasteiger partial charge in [-0.1, -0.05) is 6.08 Å². The molecule has 48 valence electrons. The smallest absolute Gasteiger partial charge is 0.0773 e. The van der Waals surface area contributed by atoms with E-state index in [2.05, 4.69) is 6.58 Å². The van der Waals surface area contributed by atoms with Gasteiger partial charge in [0.15, 0.2) is 0 Å². The van der Waals surface area contributed by atoms with E-state index < -0.39 is 6.10 Å². The van der Waals surface area contributed by atoms with Crippen LogP contribution in [0.3, 0.4) is 0 Å². The molecule has 0 bridgehead atoms. The maximum atomic E-state index is 8.69. The minimum atomic E-state index is -0.562. The first-order valence-corrected chi connectivity index (χ1v) is 2.71. The maximum absolute atomic E-state index is 8.69. The molecular formula is C6H12O2. The van der Waals surface area contributed by atoms with Crippen molar-refractivity contribution in [3.8, 4) is 0 Å². The van der Waals surface area contributed by atoms with Crippen LogP contribution in [0.25, 0.3) is 0 Å². The average Bonchev–Trinajstić information content (AvgIpc) is 1.83. The van der Waals surface area contributed by atoms with E-state index in [-0.39, 0.29) is 6.61 Å². The molecule has 8 heavy (non-hydrogen) atoms. The highest BCUT2D eigenvalue weighted by molar-refractivity contribution is 4.68. The van der Waals surface area contributed by atoms with E-state index in [0.717, 1.165) is 6.42 Å². The molecule has 2 heteroatoms. The van der Waals surface area contributed by atoms with Crippen molar-refractivity contribution in [2.45, 2.75) is 18.9 Å². The standard InChI is InChI=1S/C6H12O2/c1-2-3-4-6(8)5-7/h2,6-8H,1,3-5H2/t6-/m1/s1. The number of hydrogen-bond donors (Lipinski definition) is 2. The average molecular weight is 116 g/mol. The highest BCUT2D eigenvalue weighted by Crippen LogP contribution is 1.94. The van der Waals surface area contributed by atoms with Crippen LogP contribution < -0.4 is 0 Å². The Hall–Kier alpha value is -0.340. The molecule has 0 unspecified atom stereocenters. The van der Waals surface area contributed by atoms with Gasteiger partial charge in [0.25, 0.3) is 0 Å². The molecule has 0 aromatic rings. The first-order chi connectivity index (χ1) is 3.81. The molecular weight excluding hydrogens is 104 g/mol. The molecule has 0 aromatic heterocycles. The van der Waals surface area contributed by atoms with E-state index in [0.29, 0.717) is 6.42 Å². The molecule has 0 saturated carbocycles. The van der Waals surface area contributed by atoms with Gasteiger partial charge in [-0.3, -0.25) is 0 Å². The third kappa shape index (κ3) is 3.84. The topological polar surface area (TPSA) is 40.5 Å². The Balaban J connectivity index is 2.97. The molecule has 0 spiro atoms. The summed E-state index contributed by atoms with van der Waals surface area (Å²) in [4.78, 5) is 0. The summed E-state index contributed by atoms with van der Waals surface area (Å²) in [6.07, 6.45) is 2.54. The van der Waals surface area contributed by atoms with E-state index in [9.17, 15) is 0 Å². The summed E-state index contributed by atoms with van der Waals surface area (Å²) >= 11 is 0. The van der Waals surface area contributed by atoms with Crippen molar-refractivity contribution in [2.75, 3.05) is 6.61 Å². The van der Waals surface area contributed by atoms with Crippen molar-refractivity contribution in [2.24, 2.45) is 0 Å². The van der Waals surface area contributed by atoms with Crippen molar-refractivity contribution < 1.29 is 10.2 Å². The summed E-state index contributed by atoms with van der Waals surface area (Å²) < 4.78 is 0. The van der Waals surface area contributed by atoms with Crippen molar-refractivity contribution >= 4 is 0 Å². The number of aliphatic hydroxyl groups excluding tert-OH is 2. The van der Waals surface area contributed by atoms with Gasteiger partial charge >= 0.3 is 0 Å². The zero-order valence-electron chi connectivity index (χ0n) is 4.88. The van der Waals surface area contributed by atoms with Gasteiger partial charge in [-0.25, -0.2) is 0 Å². The van der Waals surface area contributed by atoms with E-state index >= 15 is 0 Å². The van der Waals surface area contributed by atoms with Crippen LogP contribution >= 0.6 is 0 Å². The molecule has 0 saturated heterocycles. The summed E-state index contributed by atoms with van der Waals surface area (Å²) in [5, 5.41) is 17.0. The van der Waals surface area contributed by atoms with Crippen LogP contribution in [-0.4, -0.2) is 22.9 Å². The van der Waals surface area contributed by atoms with Gasteiger partial charge < -0.3 is 10.2 Å². The predicted molar refractivity (Wildman–Crippen MR) is 32.5 cm³/mol. The zero-order chi connectivity index (χ0) is 6.41. The van der Waals surface area contributed by atoms with Crippen molar-refractivity contribution in [1.82, 2.24) is 0 Å². The van der Waals surface area contributed by atoms with Gasteiger partial charge in [0.1, 0.15) is 0 Å². The Labute approximate surface area is 49.5 Å². The van der Waals surface area contributed by atoms with Gasteiger partial charge in [0.05, 0.1) is 12.7 Å². The number of allylic oxidation sites excluding steroid dienone is 1. The lowest BCUT2D eigenvalue weighted by molar-refractivity contribution is 0.0891. The third-order valence-electron chi connectivity index (χ3n) is 0.915. The van der Waals surface area contributed by atoms with Gasteiger partial charge in [-0.2, -0.15) is 0 Å². The Kier molecular flexibility index (Phi) is 4.61. The van der Waals surface area contributed by atoms with Gasteiger partial charge in [0, 0.05) is 0 Å². The summed E-state index contributed by atoms with van der Waals surface area (Å²) in [6.45, 7) is 3.33. The molecule has 0 fully saturated rings. The lowest BCUT2D eigenvalue weighted by atomic mass is 10.2. The van der Waals surface area contributed by atoms with Crippen molar-refractivity contribution in [3.63, 3.8) is 0 Å². The van der Waals surface area contributed by atoms with Crippen LogP contribution in [-0.2, 0) is 0 Å². The lowest BCUT2D eigenvalue weighted by Crippen LogP contribution is -2.10. The fraction of sp³-hybridized carbons (Fsp3) is 0.667. The Morgan fingerprint density at radius 3 is 2.62 bits per heavy atom. The predicted octanol–water partition coefficient (Wildman–Crippen LogP) is 0.306. The van der Waals surface area contributed by atoms with Crippen LogP contribution in [0.2, 0.25) is 0 Å². The second kappa shape index (κ2) is 4.81. The number of rotatable bonds is 4. The minimum absolute atomic E-state index is 0.145. The van der Waals surface area contributed by atoms with Crippen LogP contribution in [0.1, 0.15) is 12.8 Å². The highest BCUT2D eigenvalue weighted by Gasteiger charge is 1.96. The van der Waals surface area contributed by atoms with Gasteiger partial charge in [-0.05, 0) is 12.8 Å². The molecule has 0 rings (SSSR count). The number of aliphatic hydroxyl groups is 2. The van der Waals surface area contributed by atoms with Gasteiger partial charge in [0.2, 0.25) is 0 Å². The van der Waals surface area contributed by atoms with E-state index in [1.165, 1.54) is 0 Å². The maximum Gasteiger partial charge on any atom is 0.0773 e. The second-order valence-electron chi connectivity index (χ2n) is 1.70. The lowest BCUT2D eigenvalue weighted by Gasteiger charge is -2.01. The molecule has 0 aliphatic rings. The van der Waals surface area contributed by atoms with Crippen LogP contribution in [0.5, 0.6) is 0 Å². The van der Waals surface area contributed by atoms with Crippen molar-refractivity contribution in [1.29, 1.82) is 0 Å². The highest BCUT2D eigenvalue weighted by atomic mass is 16.3. The largest absolute Gasteiger partial charge is 0.394 e. The van der Waals surface area contributed by atoms with Crippen LogP contribution in [0.4, 0.5) is 0 Å². The molecule has 0 heterocycles. The first kappa shape index (κ1) is 7.66. The molecule has 1 atom stereocenters. The van der Waals surface area contributed by atoms with E-state index in [4.69, 9.17) is 10.2 Å². The first-order valence-electron chi connectivity index (χ1n) is 2.71. The summed E-state index contributed by atoms with van der Waals surface area (Å²) in [5.41, 5.74) is 0. The van der Waals surface area contributed by atoms with Gasteiger partial charge in [-0.15, -0.1) is 6.58 Å². The Bertz CT molecular complexity index is 61.5. The number of hydrogen-bond acceptors (Lipinski definition) is 2. The normalized spacial score (nSPS) is 13.2. The molecule has 0 amide bonds. The second-order valence-corrected chi connectivity index (χ2v) is 1.70. The van der Waals surface area contributed by atoms with Crippen LogP contribution in [0.15, 0.2) is 12.7 Å². The molecule has 0 aliphatic heterocycles. The molecule has 2 nitrogen and oxygen atoms in total. The van der Waals surface area contributed by atoms with Crippen molar-refractivity contribution in [3.05, 3.63) is 12.7 Å². The quantitative estimate of drug-likeness (QED) is 0.519. The van der Waals surface area contributed by atoms with E-state index in [1.807, 2.05) is 0 Å². The Morgan fingerprint density at radius 1 is 1.62 bits per heavy atom. The summed E-state index contributed by atoms with van der Waals surface area (Å²) in [6, 6.07) is 0. The monoisotopic (exact) mass is 116 g/mol. The summed E-state index contributed by atoms with van der Waals surface area (Å²) in [5.74, 6) is 0. The fourth-order valence-corrected chi connectivity index (χ4v) is 0.402. The van der Waals surface area contributed by atoms with Crippen LogP contribution in [0, 0.1) is 0 Å².